The first-order chi connectivity index (χ1) is 15.5. The highest BCUT2D eigenvalue weighted by Gasteiger charge is 2.13. The Labute approximate surface area is 190 Å². The van der Waals surface area contributed by atoms with Crippen LogP contribution in [0.1, 0.15) is 34.8 Å². The van der Waals surface area contributed by atoms with Gasteiger partial charge in [-0.25, -0.2) is 4.98 Å². The molecule has 0 bridgehead atoms. The highest BCUT2D eigenvalue weighted by molar-refractivity contribution is 7.98. The van der Waals surface area contributed by atoms with Gasteiger partial charge in [0.2, 0.25) is 17.0 Å². The molecule has 1 amide bonds. The van der Waals surface area contributed by atoms with Crippen molar-refractivity contribution in [2.45, 2.75) is 44.5 Å². The first kappa shape index (κ1) is 21.8. The molecular formula is C23H24N6O2S. The summed E-state index contributed by atoms with van der Waals surface area (Å²) in [6, 6.07) is 13.9. The smallest absolute Gasteiger partial charge is 0.227 e. The number of nitrogens with zero attached hydrogens (tertiary/aromatic N) is 4. The topological polar surface area (TPSA) is 110 Å². The first-order valence-corrected chi connectivity index (χ1v) is 11.3. The van der Waals surface area contributed by atoms with Gasteiger partial charge in [0.05, 0.1) is 5.75 Å². The quantitative estimate of drug-likeness (QED) is 0.378. The lowest BCUT2D eigenvalue weighted by Gasteiger charge is -2.10. The molecule has 0 saturated carbocycles. The molecule has 8 nitrogen and oxygen atoms in total. The van der Waals surface area contributed by atoms with E-state index in [-0.39, 0.29) is 12.3 Å². The summed E-state index contributed by atoms with van der Waals surface area (Å²) in [7, 11) is 0. The van der Waals surface area contributed by atoms with E-state index in [0.29, 0.717) is 29.0 Å². The molecule has 0 fully saturated rings. The van der Waals surface area contributed by atoms with Gasteiger partial charge in [-0.1, -0.05) is 59.4 Å². The number of amides is 1. The van der Waals surface area contributed by atoms with Gasteiger partial charge in [-0.2, -0.15) is 4.98 Å². The van der Waals surface area contributed by atoms with Crippen molar-refractivity contribution in [1.82, 2.24) is 25.3 Å². The van der Waals surface area contributed by atoms with Crippen molar-refractivity contribution >= 4 is 23.4 Å². The van der Waals surface area contributed by atoms with E-state index in [4.69, 9.17) is 4.52 Å². The summed E-state index contributed by atoms with van der Waals surface area (Å²) in [5.41, 5.74) is 5.08. The summed E-state index contributed by atoms with van der Waals surface area (Å²) < 4.78 is 5.29. The Hall–Kier alpha value is -3.46. The minimum atomic E-state index is -0.0824. The maximum Gasteiger partial charge on any atom is 0.227 e. The van der Waals surface area contributed by atoms with E-state index in [2.05, 4.69) is 30.6 Å². The maximum atomic E-state index is 12.3. The summed E-state index contributed by atoms with van der Waals surface area (Å²) >= 11 is 1.42. The molecule has 0 aliphatic heterocycles. The highest BCUT2D eigenvalue weighted by Crippen LogP contribution is 2.24. The van der Waals surface area contributed by atoms with Gasteiger partial charge in [-0.05, 0) is 37.5 Å². The Morgan fingerprint density at radius 2 is 1.78 bits per heavy atom. The van der Waals surface area contributed by atoms with Gasteiger partial charge in [0, 0.05) is 24.1 Å². The summed E-state index contributed by atoms with van der Waals surface area (Å²) in [6.45, 7) is 5.99. The number of hydrogen-bond donors (Lipinski definition) is 2. The number of aromatic amines is 1. The van der Waals surface area contributed by atoms with Crippen molar-refractivity contribution in [3.05, 3.63) is 70.9 Å². The van der Waals surface area contributed by atoms with E-state index >= 15 is 0 Å². The Kier molecular flexibility index (Phi) is 6.65. The van der Waals surface area contributed by atoms with E-state index in [9.17, 15) is 4.79 Å². The summed E-state index contributed by atoms with van der Waals surface area (Å²) in [5, 5.41) is 14.8. The Bertz CT molecular complexity index is 1210. The lowest BCUT2D eigenvalue weighted by atomic mass is 10.1. The lowest BCUT2D eigenvalue weighted by Crippen LogP contribution is -2.14. The first-order valence-electron chi connectivity index (χ1n) is 10.3. The van der Waals surface area contributed by atoms with Crippen LogP contribution in [0.5, 0.6) is 0 Å². The molecule has 0 saturated heterocycles. The van der Waals surface area contributed by atoms with Gasteiger partial charge < -0.3 is 9.84 Å². The average molecular weight is 449 g/mol. The van der Waals surface area contributed by atoms with Crippen LogP contribution in [0.25, 0.3) is 11.4 Å². The van der Waals surface area contributed by atoms with E-state index in [1.807, 2.05) is 63.2 Å². The molecule has 0 radical (unpaired) electrons. The highest BCUT2D eigenvalue weighted by atomic mass is 32.2. The fraction of sp³-hybridized carbons (Fsp3) is 0.261. The normalized spacial score (nSPS) is 11.0. The van der Waals surface area contributed by atoms with Crippen LogP contribution in [0.4, 0.5) is 5.69 Å². The largest absolute Gasteiger partial charge is 0.339 e. The molecule has 2 aromatic carbocycles. The van der Waals surface area contributed by atoms with Crippen molar-refractivity contribution in [3.63, 3.8) is 0 Å². The van der Waals surface area contributed by atoms with Gasteiger partial charge in [0.1, 0.15) is 0 Å². The molecule has 2 N–H and O–H groups in total. The third-order valence-corrected chi connectivity index (χ3v) is 5.86. The molecule has 0 aliphatic rings. The third-order valence-electron chi connectivity index (χ3n) is 5.02. The van der Waals surface area contributed by atoms with Crippen molar-refractivity contribution in [1.29, 1.82) is 0 Å². The van der Waals surface area contributed by atoms with E-state index in [1.54, 1.807) is 0 Å². The van der Waals surface area contributed by atoms with Crippen LogP contribution in [0.3, 0.4) is 0 Å². The Balaban J connectivity index is 1.28. The third kappa shape index (κ3) is 5.23. The van der Waals surface area contributed by atoms with Crippen LogP contribution in [-0.2, 0) is 17.0 Å². The molecule has 2 aromatic heterocycles. The lowest BCUT2D eigenvalue weighted by molar-refractivity contribution is -0.116. The number of para-hydroxylation sites is 1. The van der Waals surface area contributed by atoms with E-state index < -0.39 is 0 Å². The number of H-pyrrole nitrogens is 1. The monoisotopic (exact) mass is 448 g/mol. The summed E-state index contributed by atoms with van der Waals surface area (Å²) in [4.78, 5) is 21.2. The molecule has 2 heterocycles. The number of rotatable bonds is 8. The van der Waals surface area contributed by atoms with Crippen molar-refractivity contribution in [3.8, 4) is 11.4 Å². The standard InChI is InChI=1S/C23H24N6O2S/c1-14-7-4-5-10-17(14)22-26-23(28-27-22)32-13-18-24-20(31-29-18)12-11-19(30)25-21-15(2)8-6-9-16(21)3/h4-10H,11-13H2,1-3H3,(H,25,30)(H,26,27,28). The van der Waals surface area contributed by atoms with Gasteiger partial charge in [0.25, 0.3) is 0 Å². The fourth-order valence-corrected chi connectivity index (χ4v) is 3.92. The van der Waals surface area contributed by atoms with Crippen molar-refractivity contribution in [2.75, 3.05) is 5.32 Å². The molecule has 32 heavy (non-hydrogen) atoms. The minimum absolute atomic E-state index is 0.0824. The van der Waals surface area contributed by atoms with Crippen LogP contribution >= 0.6 is 11.8 Å². The van der Waals surface area contributed by atoms with Crippen LogP contribution in [0.15, 0.2) is 52.1 Å². The van der Waals surface area contributed by atoms with Crippen molar-refractivity contribution in [2.24, 2.45) is 0 Å². The van der Waals surface area contributed by atoms with Gasteiger partial charge in [0.15, 0.2) is 11.6 Å². The van der Waals surface area contributed by atoms with E-state index in [0.717, 1.165) is 33.8 Å². The number of carbonyl (C=O) groups excluding carboxylic acids is 1. The van der Waals surface area contributed by atoms with Crippen LogP contribution in [0.2, 0.25) is 0 Å². The zero-order valence-electron chi connectivity index (χ0n) is 18.2. The van der Waals surface area contributed by atoms with Crippen molar-refractivity contribution < 1.29 is 9.32 Å². The predicted octanol–water partition coefficient (Wildman–Crippen LogP) is 4.64. The molecule has 0 aliphatic carbocycles. The molecule has 0 spiro atoms. The Morgan fingerprint density at radius 1 is 1.03 bits per heavy atom. The SMILES string of the molecule is Cc1ccccc1-c1nc(SCc2noc(CCC(=O)Nc3c(C)cccc3C)n2)n[nH]1. The number of anilines is 1. The second kappa shape index (κ2) is 9.78. The molecule has 4 aromatic rings. The fourth-order valence-electron chi connectivity index (χ4n) is 3.28. The average Bonchev–Trinajstić information content (AvgIpc) is 3.43. The molecule has 4 rings (SSSR count). The van der Waals surface area contributed by atoms with Gasteiger partial charge in [-0.3, -0.25) is 9.89 Å². The summed E-state index contributed by atoms with van der Waals surface area (Å²) in [5.74, 6) is 2.11. The number of aryl methyl sites for hydroxylation is 4. The maximum absolute atomic E-state index is 12.3. The molecule has 9 heteroatoms. The number of hydrogen-bond acceptors (Lipinski definition) is 7. The van der Waals surface area contributed by atoms with Crippen LogP contribution in [0, 0.1) is 20.8 Å². The number of benzene rings is 2. The predicted molar refractivity (Wildman–Crippen MR) is 123 cm³/mol. The number of nitrogens with one attached hydrogen (secondary N) is 2. The minimum Gasteiger partial charge on any atom is -0.339 e. The second-order valence-electron chi connectivity index (χ2n) is 7.49. The molecule has 0 atom stereocenters. The van der Waals surface area contributed by atoms with E-state index in [1.165, 1.54) is 11.8 Å². The molecule has 164 valence electrons. The van der Waals surface area contributed by atoms with Gasteiger partial charge in [-0.15, -0.1) is 5.10 Å². The van der Waals surface area contributed by atoms with Crippen LogP contribution < -0.4 is 5.32 Å². The zero-order chi connectivity index (χ0) is 22.5. The number of thioether (sulfide) groups is 1. The molecular weight excluding hydrogens is 424 g/mol. The Morgan fingerprint density at radius 3 is 2.56 bits per heavy atom. The number of carbonyl (C=O) groups is 1. The number of aromatic nitrogens is 5. The molecule has 0 unspecified atom stereocenters. The second-order valence-corrected chi connectivity index (χ2v) is 8.43. The summed E-state index contributed by atoms with van der Waals surface area (Å²) in [6.07, 6.45) is 0.649. The van der Waals surface area contributed by atoms with Crippen LogP contribution in [-0.4, -0.2) is 31.2 Å². The zero-order valence-corrected chi connectivity index (χ0v) is 19.0. The van der Waals surface area contributed by atoms with Gasteiger partial charge >= 0.3 is 0 Å².